The Labute approximate surface area is 143 Å². The molecule has 1 heterocycles. The number of rotatable bonds is 4. The number of aryl methyl sites for hydroxylation is 3. The van der Waals surface area contributed by atoms with Gasteiger partial charge in [0.25, 0.3) is 0 Å². The van der Waals surface area contributed by atoms with Gasteiger partial charge in [-0.15, -0.1) is 11.8 Å². The number of thioether (sulfide) groups is 1. The molecular formula is C18H19N3O2S. The van der Waals surface area contributed by atoms with Crippen LogP contribution >= 0.6 is 11.8 Å². The SMILES string of the molecule is Cc1cc(C)c(SCC(=O)Nc2ccc3[nH]c(=O)[nH]c3c2)c(C)c1. The smallest absolute Gasteiger partial charge is 0.323 e. The van der Waals surface area contributed by atoms with Crippen LogP contribution in [0.5, 0.6) is 0 Å². The third-order valence-corrected chi connectivity index (χ3v) is 5.09. The molecule has 3 N–H and O–H groups in total. The number of H-pyrrole nitrogens is 2. The molecule has 6 heteroatoms. The monoisotopic (exact) mass is 341 g/mol. The van der Waals surface area contributed by atoms with E-state index in [4.69, 9.17) is 0 Å². The minimum atomic E-state index is -0.255. The molecule has 0 unspecified atom stereocenters. The number of benzene rings is 2. The highest BCUT2D eigenvalue weighted by Gasteiger charge is 2.09. The van der Waals surface area contributed by atoms with Gasteiger partial charge in [-0.1, -0.05) is 17.7 Å². The summed E-state index contributed by atoms with van der Waals surface area (Å²) in [6.07, 6.45) is 0. The summed E-state index contributed by atoms with van der Waals surface area (Å²) >= 11 is 1.54. The lowest BCUT2D eigenvalue weighted by molar-refractivity contribution is -0.113. The Morgan fingerprint density at radius 2 is 1.71 bits per heavy atom. The van der Waals surface area contributed by atoms with E-state index in [9.17, 15) is 9.59 Å². The number of aromatic amines is 2. The van der Waals surface area contributed by atoms with E-state index >= 15 is 0 Å². The zero-order valence-corrected chi connectivity index (χ0v) is 14.6. The Morgan fingerprint density at radius 3 is 2.42 bits per heavy atom. The van der Waals surface area contributed by atoms with Gasteiger partial charge in [-0.2, -0.15) is 0 Å². The van der Waals surface area contributed by atoms with Crippen molar-refractivity contribution in [2.75, 3.05) is 11.1 Å². The van der Waals surface area contributed by atoms with Crippen molar-refractivity contribution in [3.63, 3.8) is 0 Å². The minimum absolute atomic E-state index is 0.0726. The van der Waals surface area contributed by atoms with E-state index in [1.165, 1.54) is 16.7 Å². The summed E-state index contributed by atoms with van der Waals surface area (Å²) in [6, 6.07) is 9.55. The first-order chi connectivity index (χ1) is 11.4. The highest BCUT2D eigenvalue weighted by molar-refractivity contribution is 8.00. The molecule has 0 aliphatic heterocycles. The molecule has 2 aromatic carbocycles. The van der Waals surface area contributed by atoms with Gasteiger partial charge in [0.2, 0.25) is 5.91 Å². The van der Waals surface area contributed by atoms with E-state index in [2.05, 4.69) is 48.2 Å². The Kier molecular flexibility index (Phi) is 4.49. The fourth-order valence-electron chi connectivity index (χ4n) is 2.84. The number of hydrogen-bond acceptors (Lipinski definition) is 3. The standard InChI is InChI=1S/C18H19N3O2S/c1-10-6-11(2)17(12(3)7-10)24-9-16(22)19-13-4-5-14-15(8-13)21-18(23)20-14/h4-8H,9H2,1-3H3,(H,19,22)(H2,20,21,23). The van der Waals surface area contributed by atoms with Crippen LogP contribution in [0.2, 0.25) is 0 Å². The molecule has 124 valence electrons. The Balaban J connectivity index is 1.68. The van der Waals surface area contributed by atoms with Gasteiger partial charge in [-0.3, -0.25) is 4.79 Å². The Morgan fingerprint density at radius 1 is 1.04 bits per heavy atom. The normalized spacial score (nSPS) is 11.0. The van der Waals surface area contributed by atoms with Crippen molar-refractivity contribution in [1.82, 2.24) is 9.97 Å². The molecule has 3 rings (SSSR count). The van der Waals surface area contributed by atoms with E-state index in [0.29, 0.717) is 17.0 Å². The summed E-state index contributed by atoms with van der Waals surface area (Å²) in [4.78, 5) is 30.0. The maximum Gasteiger partial charge on any atom is 0.323 e. The average molecular weight is 341 g/mol. The van der Waals surface area contributed by atoms with Crippen LogP contribution in [-0.4, -0.2) is 21.6 Å². The molecule has 3 aromatic rings. The lowest BCUT2D eigenvalue weighted by Gasteiger charge is -2.11. The molecule has 5 nitrogen and oxygen atoms in total. The topological polar surface area (TPSA) is 77.8 Å². The zero-order valence-electron chi connectivity index (χ0n) is 13.8. The van der Waals surface area contributed by atoms with Crippen molar-refractivity contribution in [3.8, 4) is 0 Å². The third-order valence-electron chi connectivity index (χ3n) is 3.75. The number of carbonyl (C=O) groups is 1. The maximum atomic E-state index is 12.2. The number of aromatic nitrogens is 2. The van der Waals surface area contributed by atoms with Crippen molar-refractivity contribution in [3.05, 3.63) is 57.5 Å². The molecule has 1 amide bonds. The number of imidazole rings is 1. The summed E-state index contributed by atoms with van der Waals surface area (Å²) in [5.41, 5.74) is 5.42. The van der Waals surface area contributed by atoms with E-state index in [1.807, 2.05) is 0 Å². The molecule has 0 saturated carbocycles. The number of carbonyl (C=O) groups excluding carboxylic acids is 1. The first kappa shape index (κ1) is 16.4. The van der Waals surface area contributed by atoms with Gasteiger partial charge in [0, 0.05) is 10.6 Å². The average Bonchev–Trinajstić information content (AvgIpc) is 2.85. The number of nitrogens with one attached hydrogen (secondary N) is 3. The van der Waals surface area contributed by atoms with Crippen molar-refractivity contribution in [1.29, 1.82) is 0 Å². The van der Waals surface area contributed by atoms with Crippen molar-refractivity contribution in [2.45, 2.75) is 25.7 Å². The molecule has 0 saturated heterocycles. The minimum Gasteiger partial charge on any atom is -0.325 e. The Hall–Kier alpha value is -2.47. The van der Waals surface area contributed by atoms with Gasteiger partial charge in [0.15, 0.2) is 0 Å². The summed E-state index contributed by atoms with van der Waals surface area (Å²) in [5.74, 6) is 0.267. The summed E-state index contributed by atoms with van der Waals surface area (Å²) in [5, 5.41) is 2.87. The molecule has 0 radical (unpaired) electrons. The second-order valence-corrected chi connectivity index (χ2v) is 6.89. The number of hydrogen-bond donors (Lipinski definition) is 3. The van der Waals surface area contributed by atoms with Crippen LogP contribution in [0.3, 0.4) is 0 Å². The van der Waals surface area contributed by atoms with Crippen molar-refractivity contribution < 1.29 is 4.79 Å². The predicted molar refractivity (Wildman–Crippen MR) is 98.9 cm³/mol. The molecule has 0 aliphatic carbocycles. The molecule has 0 atom stereocenters. The van der Waals surface area contributed by atoms with Gasteiger partial charge in [0.05, 0.1) is 16.8 Å². The zero-order chi connectivity index (χ0) is 17.3. The van der Waals surface area contributed by atoms with Crippen LogP contribution in [0.15, 0.2) is 40.0 Å². The fraction of sp³-hybridized carbons (Fsp3) is 0.222. The lowest BCUT2D eigenvalue weighted by Crippen LogP contribution is -2.14. The third kappa shape index (κ3) is 3.54. The largest absolute Gasteiger partial charge is 0.325 e. The maximum absolute atomic E-state index is 12.2. The van der Waals surface area contributed by atoms with Crippen LogP contribution in [0.4, 0.5) is 5.69 Å². The molecule has 1 aromatic heterocycles. The predicted octanol–water partition coefficient (Wildman–Crippen LogP) is 3.51. The fourth-order valence-corrected chi connectivity index (χ4v) is 3.76. The van der Waals surface area contributed by atoms with Gasteiger partial charge < -0.3 is 15.3 Å². The lowest BCUT2D eigenvalue weighted by atomic mass is 10.1. The van der Waals surface area contributed by atoms with E-state index in [0.717, 1.165) is 10.4 Å². The van der Waals surface area contributed by atoms with Gasteiger partial charge in [-0.25, -0.2) is 4.79 Å². The van der Waals surface area contributed by atoms with Crippen LogP contribution < -0.4 is 11.0 Å². The second-order valence-electron chi connectivity index (χ2n) is 5.90. The molecule has 0 fully saturated rings. The summed E-state index contributed by atoms with van der Waals surface area (Å²) in [6.45, 7) is 6.20. The van der Waals surface area contributed by atoms with E-state index < -0.39 is 0 Å². The van der Waals surface area contributed by atoms with Crippen LogP contribution in [0.1, 0.15) is 16.7 Å². The first-order valence-corrected chi connectivity index (χ1v) is 8.63. The van der Waals surface area contributed by atoms with E-state index in [1.54, 1.807) is 30.0 Å². The molecule has 0 spiro atoms. The van der Waals surface area contributed by atoms with Crippen LogP contribution in [0, 0.1) is 20.8 Å². The number of amides is 1. The highest BCUT2D eigenvalue weighted by atomic mass is 32.2. The molecule has 24 heavy (non-hydrogen) atoms. The number of fused-ring (bicyclic) bond motifs is 1. The van der Waals surface area contributed by atoms with Gasteiger partial charge in [0.1, 0.15) is 0 Å². The first-order valence-electron chi connectivity index (χ1n) is 7.65. The van der Waals surface area contributed by atoms with Gasteiger partial charge in [-0.05, 0) is 50.1 Å². The molecule has 0 bridgehead atoms. The summed E-state index contributed by atoms with van der Waals surface area (Å²) in [7, 11) is 0. The second kappa shape index (κ2) is 6.57. The Bertz CT molecular complexity index is 949. The summed E-state index contributed by atoms with van der Waals surface area (Å²) < 4.78 is 0. The quantitative estimate of drug-likeness (QED) is 0.636. The van der Waals surface area contributed by atoms with Crippen molar-refractivity contribution in [2.24, 2.45) is 0 Å². The highest BCUT2D eigenvalue weighted by Crippen LogP contribution is 2.27. The van der Waals surface area contributed by atoms with Crippen LogP contribution in [0.25, 0.3) is 11.0 Å². The van der Waals surface area contributed by atoms with Gasteiger partial charge >= 0.3 is 5.69 Å². The van der Waals surface area contributed by atoms with E-state index in [-0.39, 0.29) is 11.6 Å². The number of anilines is 1. The molecular weight excluding hydrogens is 322 g/mol. The molecule has 0 aliphatic rings. The van der Waals surface area contributed by atoms with Crippen LogP contribution in [-0.2, 0) is 4.79 Å². The van der Waals surface area contributed by atoms with Crippen molar-refractivity contribution >= 4 is 34.4 Å².